The first kappa shape index (κ1) is 18.4. The van der Waals surface area contributed by atoms with Gasteiger partial charge in [0.1, 0.15) is 0 Å². The van der Waals surface area contributed by atoms with Crippen LogP contribution in [0.15, 0.2) is 29.6 Å². The molecule has 0 spiro atoms. The predicted octanol–water partition coefficient (Wildman–Crippen LogP) is 2.91. The summed E-state index contributed by atoms with van der Waals surface area (Å²) in [4.78, 5) is 29.3. The fourth-order valence-electron chi connectivity index (χ4n) is 3.01. The van der Waals surface area contributed by atoms with Gasteiger partial charge < -0.3 is 4.74 Å². The number of carbonyl (C=O) groups excluding carboxylic acids is 1. The summed E-state index contributed by atoms with van der Waals surface area (Å²) in [6.45, 7) is 6.48. The number of nitrogens with one attached hydrogen (secondary N) is 1. The van der Waals surface area contributed by atoms with E-state index in [4.69, 9.17) is 4.74 Å². The summed E-state index contributed by atoms with van der Waals surface area (Å²) < 4.78 is 5.72. The SMILES string of the molecule is C[C@@H]1CN(Cc2csc(NC(=O)c3cccc([N+](=O)[O-])c3)n2)C[C@H](C)O1. The lowest BCUT2D eigenvalue weighted by molar-refractivity contribution is -0.384. The van der Waals surface area contributed by atoms with Crippen molar-refractivity contribution in [2.45, 2.75) is 32.6 Å². The van der Waals surface area contributed by atoms with Gasteiger partial charge in [0.25, 0.3) is 11.6 Å². The number of nitrogens with zero attached hydrogens (tertiary/aromatic N) is 3. The molecule has 2 atom stereocenters. The average Bonchev–Trinajstić information content (AvgIpc) is 3.00. The van der Waals surface area contributed by atoms with Gasteiger partial charge in [-0.25, -0.2) is 4.98 Å². The second-order valence-electron chi connectivity index (χ2n) is 6.36. The van der Waals surface area contributed by atoms with Gasteiger partial charge in [-0.2, -0.15) is 0 Å². The van der Waals surface area contributed by atoms with E-state index in [0.717, 1.165) is 18.8 Å². The van der Waals surface area contributed by atoms with Crippen molar-refractivity contribution < 1.29 is 14.5 Å². The molecular formula is C17H20N4O4S. The van der Waals surface area contributed by atoms with Crippen LogP contribution < -0.4 is 5.32 Å². The van der Waals surface area contributed by atoms with Crippen LogP contribution in [-0.4, -0.2) is 46.0 Å². The van der Waals surface area contributed by atoms with Gasteiger partial charge in [0.05, 0.1) is 22.8 Å². The Morgan fingerprint density at radius 3 is 2.85 bits per heavy atom. The molecule has 0 radical (unpaired) electrons. The molecule has 1 aliphatic rings. The van der Waals surface area contributed by atoms with Crippen LogP contribution in [0.4, 0.5) is 10.8 Å². The fourth-order valence-corrected chi connectivity index (χ4v) is 3.71. The first-order chi connectivity index (χ1) is 12.4. The lowest BCUT2D eigenvalue weighted by Crippen LogP contribution is -2.44. The molecular weight excluding hydrogens is 356 g/mol. The first-order valence-electron chi connectivity index (χ1n) is 8.28. The molecule has 0 unspecified atom stereocenters. The van der Waals surface area contributed by atoms with Crippen LogP contribution in [0.1, 0.15) is 29.9 Å². The molecule has 2 heterocycles. The highest BCUT2D eigenvalue weighted by Gasteiger charge is 2.23. The molecule has 9 heteroatoms. The highest BCUT2D eigenvalue weighted by Crippen LogP contribution is 2.21. The third-order valence-corrected chi connectivity index (χ3v) is 4.78. The number of non-ortho nitro benzene ring substituents is 1. The fraction of sp³-hybridized carbons (Fsp3) is 0.412. The Morgan fingerprint density at radius 1 is 1.42 bits per heavy atom. The summed E-state index contributed by atoms with van der Waals surface area (Å²) in [5.41, 5.74) is 0.991. The number of anilines is 1. The van der Waals surface area contributed by atoms with Gasteiger partial charge in [-0.1, -0.05) is 6.07 Å². The van der Waals surface area contributed by atoms with Crippen LogP contribution in [0.25, 0.3) is 0 Å². The maximum atomic E-state index is 12.3. The minimum atomic E-state index is -0.525. The molecule has 1 fully saturated rings. The van der Waals surface area contributed by atoms with Crippen LogP contribution in [0.3, 0.4) is 0 Å². The minimum Gasteiger partial charge on any atom is -0.373 e. The van der Waals surface area contributed by atoms with Crippen LogP contribution >= 0.6 is 11.3 Å². The van der Waals surface area contributed by atoms with E-state index in [2.05, 4.69) is 29.0 Å². The van der Waals surface area contributed by atoms with Gasteiger partial charge in [0.15, 0.2) is 5.13 Å². The Morgan fingerprint density at radius 2 is 2.15 bits per heavy atom. The number of carbonyl (C=O) groups is 1. The van der Waals surface area contributed by atoms with Crippen molar-refractivity contribution in [3.63, 3.8) is 0 Å². The number of amides is 1. The molecule has 1 aliphatic heterocycles. The summed E-state index contributed by atoms with van der Waals surface area (Å²) in [6.07, 6.45) is 0.371. The zero-order valence-corrected chi connectivity index (χ0v) is 15.4. The monoisotopic (exact) mass is 376 g/mol. The number of nitro groups is 1. The number of morpholine rings is 1. The highest BCUT2D eigenvalue weighted by atomic mass is 32.1. The number of ether oxygens (including phenoxy) is 1. The van der Waals surface area contributed by atoms with Gasteiger partial charge in [0.2, 0.25) is 0 Å². The van der Waals surface area contributed by atoms with Crippen molar-refractivity contribution in [2.24, 2.45) is 0 Å². The van der Waals surface area contributed by atoms with Crippen LogP contribution in [0.2, 0.25) is 0 Å². The Kier molecular flexibility index (Phi) is 5.60. The number of rotatable bonds is 5. The molecule has 0 aliphatic carbocycles. The zero-order chi connectivity index (χ0) is 18.7. The molecule has 2 aromatic rings. The zero-order valence-electron chi connectivity index (χ0n) is 14.5. The number of hydrogen-bond donors (Lipinski definition) is 1. The lowest BCUT2D eigenvalue weighted by atomic mass is 10.2. The summed E-state index contributed by atoms with van der Waals surface area (Å²) in [6, 6.07) is 5.62. The smallest absolute Gasteiger partial charge is 0.270 e. The second-order valence-corrected chi connectivity index (χ2v) is 7.22. The largest absolute Gasteiger partial charge is 0.373 e. The molecule has 1 aromatic carbocycles. The van der Waals surface area contributed by atoms with Crippen molar-refractivity contribution in [3.05, 3.63) is 51.0 Å². The summed E-state index contributed by atoms with van der Waals surface area (Å²) in [5, 5.41) is 15.9. The van der Waals surface area contributed by atoms with Crippen molar-refractivity contribution in [3.8, 4) is 0 Å². The number of thiazole rings is 1. The first-order valence-corrected chi connectivity index (χ1v) is 9.16. The second kappa shape index (κ2) is 7.90. The Balaban J connectivity index is 1.62. The number of benzene rings is 1. The van der Waals surface area contributed by atoms with E-state index in [-0.39, 0.29) is 23.5 Å². The topological polar surface area (TPSA) is 97.6 Å². The van der Waals surface area contributed by atoms with Gasteiger partial charge in [-0.15, -0.1) is 11.3 Å². The lowest BCUT2D eigenvalue weighted by Gasteiger charge is -2.34. The van der Waals surface area contributed by atoms with Gasteiger partial charge >= 0.3 is 0 Å². The molecule has 1 N–H and O–H groups in total. The van der Waals surface area contributed by atoms with Crippen LogP contribution in [0, 0.1) is 10.1 Å². The van der Waals surface area contributed by atoms with E-state index >= 15 is 0 Å². The maximum absolute atomic E-state index is 12.3. The van der Waals surface area contributed by atoms with Crippen molar-refractivity contribution in [1.29, 1.82) is 0 Å². The van der Waals surface area contributed by atoms with Crippen LogP contribution in [-0.2, 0) is 11.3 Å². The van der Waals surface area contributed by atoms with Crippen molar-refractivity contribution in [2.75, 3.05) is 18.4 Å². The molecule has 138 valence electrons. The maximum Gasteiger partial charge on any atom is 0.270 e. The predicted molar refractivity (Wildman–Crippen MR) is 98.4 cm³/mol. The van der Waals surface area contributed by atoms with E-state index in [9.17, 15) is 14.9 Å². The average molecular weight is 376 g/mol. The minimum absolute atomic E-state index is 0.118. The molecule has 26 heavy (non-hydrogen) atoms. The third-order valence-electron chi connectivity index (χ3n) is 3.97. The molecule has 0 bridgehead atoms. The summed E-state index contributed by atoms with van der Waals surface area (Å²) >= 11 is 1.34. The quantitative estimate of drug-likeness (QED) is 0.636. The van der Waals surface area contributed by atoms with Gasteiger partial charge in [-0.3, -0.25) is 25.1 Å². The third kappa shape index (κ3) is 4.63. The molecule has 1 amide bonds. The Labute approximate surface area is 154 Å². The van der Waals surface area contributed by atoms with E-state index in [0.29, 0.717) is 11.7 Å². The van der Waals surface area contributed by atoms with Crippen molar-refractivity contribution >= 4 is 28.1 Å². The summed E-state index contributed by atoms with van der Waals surface area (Å²) in [7, 11) is 0. The number of aromatic nitrogens is 1. The van der Waals surface area contributed by atoms with Crippen molar-refractivity contribution in [1.82, 2.24) is 9.88 Å². The van der Waals surface area contributed by atoms with Gasteiger partial charge in [0, 0.05) is 42.7 Å². The van der Waals surface area contributed by atoms with E-state index < -0.39 is 10.8 Å². The highest BCUT2D eigenvalue weighted by molar-refractivity contribution is 7.13. The molecule has 3 rings (SSSR count). The molecule has 1 saturated heterocycles. The summed E-state index contributed by atoms with van der Waals surface area (Å²) in [5.74, 6) is -0.414. The molecule has 1 aromatic heterocycles. The van der Waals surface area contributed by atoms with E-state index in [1.54, 1.807) is 0 Å². The van der Waals surface area contributed by atoms with Crippen LogP contribution in [0.5, 0.6) is 0 Å². The van der Waals surface area contributed by atoms with E-state index in [1.165, 1.54) is 35.6 Å². The standard InChI is InChI=1S/C17H20N4O4S/c1-11-7-20(8-12(2)25-11)9-14-10-26-17(18-14)19-16(22)13-4-3-5-15(6-13)21(23)24/h3-6,10-12H,7-9H2,1-2H3,(H,18,19,22)/t11-,12+. The van der Waals surface area contributed by atoms with Gasteiger partial charge in [-0.05, 0) is 19.9 Å². The Bertz CT molecular complexity index is 800. The molecule has 0 saturated carbocycles. The van der Waals surface area contributed by atoms with E-state index in [1.807, 2.05) is 5.38 Å². The molecule has 8 nitrogen and oxygen atoms in total. The Hall–Kier alpha value is -2.36. The normalized spacial score (nSPS) is 20.7. The number of hydrogen-bond acceptors (Lipinski definition) is 7. The number of nitro benzene ring substituents is 1.